The highest BCUT2D eigenvalue weighted by Gasteiger charge is 2.25. The fourth-order valence-electron chi connectivity index (χ4n) is 3.19. The quantitative estimate of drug-likeness (QED) is 0.671. The molecular formula is C22H26ClN4O+. The third-order valence-corrected chi connectivity index (χ3v) is 5.39. The van der Waals surface area contributed by atoms with Crippen molar-refractivity contribution in [1.29, 1.82) is 0 Å². The number of nitrogens with zero attached hydrogens (tertiary/aromatic N) is 2. The Kier molecular flexibility index (Phi) is 6.17. The van der Waals surface area contributed by atoms with E-state index in [1.165, 1.54) is 5.56 Å². The van der Waals surface area contributed by atoms with Crippen molar-refractivity contribution in [2.75, 3.05) is 12.4 Å². The third-order valence-electron chi connectivity index (χ3n) is 5.14. The van der Waals surface area contributed by atoms with Crippen LogP contribution in [0.3, 0.4) is 0 Å². The minimum Gasteiger partial charge on any atom is -0.324 e. The van der Waals surface area contributed by atoms with Gasteiger partial charge in [-0.15, -0.1) is 0 Å². The van der Waals surface area contributed by atoms with Crippen LogP contribution in [0.4, 0.5) is 5.69 Å². The lowest BCUT2D eigenvalue weighted by Gasteiger charge is -2.21. The molecule has 2 atom stereocenters. The highest BCUT2D eigenvalue weighted by molar-refractivity contribution is 6.30. The fourth-order valence-corrected chi connectivity index (χ4v) is 3.32. The monoisotopic (exact) mass is 397 g/mol. The number of hydrogen-bond acceptors (Lipinski definition) is 2. The van der Waals surface area contributed by atoms with Crippen LogP contribution < -0.4 is 10.2 Å². The molecule has 0 spiro atoms. The number of aryl methyl sites for hydroxylation is 1. The molecule has 1 aromatic heterocycles. The van der Waals surface area contributed by atoms with Crippen LogP contribution in [0.5, 0.6) is 0 Å². The summed E-state index contributed by atoms with van der Waals surface area (Å²) in [4.78, 5) is 13.7. The van der Waals surface area contributed by atoms with Gasteiger partial charge in [-0.3, -0.25) is 4.79 Å². The number of quaternary nitrogens is 1. The summed E-state index contributed by atoms with van der Waals surface area (Å²) in [5, 5.41) is 8.31. The molecule has 0 aliphatic rings. The molecule has 6 heteroatoms. The maximum absolute atomic E-state index is 12.6. The van der Waals surface area contributed by atoms with Crippen molar-refractivity contribution in [3.05, 3.63) is 76.6 Å². The van der Waals surface area contributed by atoms with Gasteiger partial charge < -0.3 is 10.2 Å². The van der Waals surface area contributed by atoms with Crippen LogP contribution in [0, 0.1) is 13.8 Å². The van der Waals surface area contributed by atoms with Crippen LogP contribution >= 0.6 is 11.6 Å². The minimum atomic E-state index is -0.213. The molecule has 2 aromatic carbocycles. The van der Waals surface area contributed by atoms with E-state index in [0.717, 1.165) is 34.2 Å². The number of aromatic nitrogens is 2. The van der Waals surface area contributed by atoms with E-state index in [2.05, 4.69) is 12.2 Å². The number of benzene rings is 2. The zero-order valence-corrected chi connectivity index (χ0v) is 17.4. The number of halogens is 1. The molecule has 28 heavy (non-hydrogen) atoms. The van der Waals surface area contributed by atoms with Gasteiger partial charge in [0.25, 0.3) is 5.91 Å². The molecule has 1 heterocycles. The van der Waals surface area contributed by atoms with Crippen LogP contribution in [0.25, 0.3) is 5.69 Å². The van der Waals surface area contributed by atoms with Gasteiger partial charge in [0.1, 0.15) is 6.54 Å². The first-order chi connectivity index (χ1) is 13.4. The second kappa shape index (κ2) is 8.59. The van der Waals surface area contributed by atoms with Gasteiger partial charge in [0.15, 0.2) is 6.04 Å². The number of likely N-dealkylation sites (N-methyl/N-ethyl adjacent to an activating group) is 1. The van der Waals surface area contributed by atoms with E-state index < -0.39 is 0 Å². The van der Waals surface area contributed by atoms with Gasteiger partial charge in [-0.05, 0) is 57.2 Å². The smallest absolute Gasteiger partial charge is 0.282 e. The van der Waals surface area contributed by atoms with Crippen molar-refractivity contribution in [3.8, 4) is 5.69 Å². The van der Waals surface area contributed by atoms with E-state index in [4.69, 9.17) is 16.7 Å². The van der Waals surface area contributed by atoms with Gasteiger partial charge in [0, 0.05) is 10.7 Å². The number of nitrogens with one attached hydrogen (secondary N) is 2. The summed E-state index contributed by atoms with van der Waals surface area (Å²) in [5.74, 6) is -0.0226. The molecule has 146 valence electrons. The molecule has 0 fully saturated rings. The average molecular weight is 398 g/mol. The zero-order valence-electron chi connectivity index (χ0n) is 16.7. The molecule has 2 N–H and O–H groups in total. The van der Waals surface area contributed by atoms with Gasteiger partial charge in [0.05, 0.1) is 29.7 Å². The molecule has 0 radical (unpaired) electrons. The standard InChI is InChI=1S/C22H25ClN4O/c1-15-21(16(2)27(25-15)20-8-6-5-7-9-20)14-26(4)17(3)22(28)24-19-12-10-18(23)11-13-19/h5-13,17H,14H2,1-4H3,(H,24,28)/p+1/t17-/m1/s1. The summed E-state index contributed by atoms with van der Waals surface area (Å²) in [7, 11) is 2.03. The number of carbonyl (C=O) groups is 1. The molecular weight excluding hydrogens is 372 g/mol. The Morgan fingerprint density at radius 2 is 1.79 bits per heavy atom. The Morgan fingerprint density at radius 1 is 1.14 bits per heavy atom. The molecule has 3 rings (SSSR count). The number of anilines is 1. The molecule has 0 aliphatic heterocycles. The Balaban J connectivity index is 1.71. The van der Waals surface area contributed by atoms with Gasteiger partial charge in [0.2, 0.25) is 0 Å². The number of hydrogen-bond donors (Lipinski definition) is 2. The molecule has 0 aliphatic carbocycles. The molecule has 1 amide bonds. The van der Waals surface area contributed by atoms with Crippen LogP contribution in [0.2, 0.25) is 5.02 Å². The number of rotatable bonds is 6. The van der Waals surface area contributed by atoms with Crippen molar-refractivity contribution >= 4 is 23.2 Å². The predicted octanol–water partition coefficient (Wildman–Crippen LogP) is 3.18. The van der Waals surface area contributed by atoms with E-state index in [-0.39, 0.29) is 11.9 Å². The highest BCUT2D eigenvalue weighted by Crippen LogP contribution is 2.17. The van der Waals surface area contributed by atoms with Crippen LogP contribution in [0.15, 0.2) is 54.6 Å². The number of para-hydroxylation sites is 1. The molecule has 0 saturated heterocycles. The average Bonchev–Trinajstić information content (AvgIpc) is 2.98. The highest BCUT2D eigenvalue weighted by atomic mass is 35.5. The second-order valence-corrected chi connectivity index (χ2v) is 7.57. The van der Waals surface area contributed by atoms with Gasteiger partial charge in [-0.25, -0.2) is 4.68 Å². The lowest BCUT2D eigenvalue weighted by atomic mass is 10.1. The Morgan fingerprint density at radius 3 is 2.43 bits per heavy atom. The normalized spacial score (nSPS) is 13.2. The first-order valence-electron chi connectivity index (χ1n) is 9.36. The SMILES string of the molecule is Cc1nn(-c2ccccc2)c(C)c1C[NH+](C)[C@H](C)C(=O)Nc1ccc(Cl)cc1. The predicted molar refractivity (Wildman–Crippen MR) is 113 cm³/mol. The Bertz CT molecular complexity index is 951. The van der Waals surface area contributed by atoms with E-state index in [0.29, 0.717) is 5.02 Å². The molecule has 1 unspecified atom stereocenters. The second-order valence-electron chi connectivity index (χ2n) is 7.14. The van der Waals surface area contributed by atoms with Crippen LogP contribution in [-0.2, 0) is 11.3 Å². The minimum absolute atomic E-state index is 0.0226. The molecule has 0 bridgehead atoms. The summed E-state index contributed by atoms with van der Waals surface area (Å²) >= 11 is 5.90. The third kappa shape index (κ3) is 4.43. The summed E-state index contributed by atoms with van der Waals surface area (Å²) in [5.41, 5.74) is 5.06. The fraction of sp³-hybridized carbons (Fsp3) is 0.273. The van der Waals surface area contributed by atoms with Gasteiger partial charge in [-0.2, -0.15) is 5.10 Å². The lowest BCUT2D eigenvalue weighted by molar-refractivity contribution is -0.907. The van der Waals surface area contributed by atoms with Crippen molar-refractivity contribution in [1.82, 2.24) is 9.78 Å². The van der Waals surface area contributed by atoms with E-state index in [1.54, 1.807) is 24.3 Å². The van der Waals surface area contributed by atoms with E-state index in [9.17, 15) is 4.79 Å². The van der Waals surface area contributed by atoms with Gasteiger partial charge in [-0.1, -0.05) is 29.8 Å². The molecule has 5 nitrogen and oxygen atoms in total. The Labute approximate surface area is 170 Å². The van der Waals surface area contributed by atoms with Crippen molar-refractivity contribution in [2.24, 2.45) is 0 Å². The van der Waals surface area contributed by atoms with Crippen LogP contribution in [0.1, 0.15) is 23.9 Å². The summed E-state index contributed by atoms with van der Waals surface area (Å²) in [6.45, 7) is 6.76. The topological polar surface area (TPSA) is 51.4 Å². The molecule has 3 aromatic rings. The number of carbonyl (C=O) groups excluding carboxylic acids is 1. The molecule has 0 saturated carbocycles. The van der Waals surface area contributed by atoms with Crippen molar-refractivity contribution in [3.63, 3.8) is 0 Å². The van der Waals surface area contributed by atoms with Crippen molar-refractivity contribution in [2.45, 2.75) is 33.4 Å². The maximum Gasteiger partial charge on any atom is 0.282 e. The van der Waals surface area contributed by atoms with Gasteiger partial charge >= 0.3 is 0 Å². The Hall–Kier alpha value is -2.63. The summed E-state index contributed by atoms with van der Waals surface area (Å²) < 4.78 is 1.97. The lowest BCUT2D eigenvalue weighted by Crippen LogP contribution is -3.12. The van der Waals surface area contributed by atoms with E-state index >= 15 is 0 Å². The largest absolute Gasteiger partial charge is 0.324 e. The summed E-state index contributed by atoms with van der Waals surface area (Å²) in [6.07, 6.45) is 0. The first-order valence-corrected chi connectivity index (χ1v) is 9.74. The maximum atomic E-state index is 12.6. The zero-order chi connectivity index (χ0) is 20.3. The first kappa shape index (κ1) is 20.1. The van der Waals surface area contributed by atoms with Crippen LogP contribution in [-0.4, -0.2) is 28.8 Å². The van der Waals surface area contributed by atoms with Crippen molar-refractivity contribution < 1.29 is 9.69 Å². The van der Waals surface area contributed by atoms with E-state index in [1.807, 2.05) is 55.9 Å². The summed E-state index contributed by atoms with van der Waals surface area (Å²) in [6, 6.07) is 17.0. The number of amides is 1.